The van der Waals surface area contributed by atoms with Gasteiger partial charge in [0.15, 0.2) is 0 Å². The second-order valence-electron chi connectivity index (χ2n) is 4.63. The molecule has 19 heavy (non-hydrogen) atoms. The van der Waals surface area contributed by atoms with Crippen LogP contribution in [0, 0.1) is 6.07 Å². The van der Waals surface area contributed by atoms with Crippen molar-refractivity contribution in [3.05, 3.63) is 78.9 Å². The first-order valence-electron chi connectivity index (χ1n) is 6.40. The molecule has 1 aromatic heterocycles. The summed E-state index contributed by atoms with van der Waals surface area (Å²) >= 11 is 0. The Labute approximate surface area is 111 Å². The number of fused-ring (bicyclic) bond motifs is 3. The molecular formula is C18H12N. The molecule has 0 saturated carbocycles. The number of aromatic nitrogens is 1. The van der Waals surface area contributed by atoms with Gasteiger partial charge in [0.2, 0.25) is 0 Å². The lowest BCUT2D eigenvalue weighted by Crippen LogP contribution is -1.92. The van der Waals surface area contributed by atoms with Crippen molar-refractivity contribution in [3.63, 3.8) is 0 Å². The van der Waals surface area contributed by atoms with Gasteiger partial charge < -0.3 is 4.57 Å². The number of rotatable bonds is 1. The molecule has 0 fully saturated rings. The maximum absolute atomic E-state index is 3.16. The molecule has 0 amide bonds. The lowest BCUT2D eigenvalue weighted by Gasteiger charge is -2.06. The van der Waals surface area contributed by atoms with E-state index in [-0.39, 0.29) is 0 Å². The Kier molecular flexibility index (Phi) is 2.18. The highest BCUT2D eigenvalue weighted by Crippen LogP contribution is 2.31. The summed E-state index contributed by atoms with van der Waals surface area (Å²) in [7, 11) is 0. The fraction of sp³-hybridized carbons (Fsp3) is 0. The van der Waals surface area contributed by atoms with Crippen LogP contribution in [-0.4, -0.2) is 4.57 Å². The molecule has 0 aliphatic carbocycles. The van der Waals surface area contributed by atoms with Gasteiger partial charge in [0.25, 0.3) is 0 Å². The zero-order valence-corrected chi connectivity index (χ0v) is 10.4. The first-order valence-corrected chi connectivity index (χ1v) is 6.40. The second kappa shape index (κ2) is 3.99. The van der Waals surface area contributed by atoms with Crippen molar-refractivity contribution in [2.45, 2.75) is 0 Å². The minimum Gasteiger partial charge on any atom is -0.309 e. The van der Waals surface area contributed by atoms with E-state index in [1.165, 1.54) is 21.8 Å². The first-order chi connectivity index (χ1) is 9.45. The smallest absolute Gasteiger partial charge is 0.0541 e. The minimum atomic E-state index is 1.15. The highest BCUT2D eigenvalue weighted by atomic mass is 15.0. The summed E-state index contributed by atoms with van der Waals surface area (Å²) in [5, 5.41) is 2.59. The molecule has 3 aromatic carbocycles. The molecule has 0 aliphatic heterocycles. The summed E-state index contributed by atoms with van der Waals surface area (Å²) in [6.07, 6.45) is 0. The standard InChI is InChI=1S/C18H12N/c1-2-8-14(9-3-1)19-17-12-6-4-10-15(17)16-11-5-7-13-18(16)19/h1-2,4-13H. The molecule has 0 bridgehead atoms. The monoisotopic (exact) mass is 242 g/mol. The topological polar surface area (TPSA) is 4.93 Å². The molecule has 4 aromatic rings. The van der Waals surface area contributed by atoms with Gasteiger partial charge >= 0.3 is 0 Å². The second-order valence-corrected chi connectivity index (χ2v) is 4.63. The third-order valence-electron chi connectivity index (χ3n) is 3.53. The summed E-state index contributed by atoms with van der Waals surface area (Å²) in [6.45, 7) is 0. The van der Waals surface area contributed by atoms with Crippen LogP contribution in [0.5, 0.6) is 0 Å². The average molecular weight is 242 g/mol. The van der Waals surface area contributed by atoms with Crippen molar-refractivity contribution in [3.8, 4) is 5.69 Å². The predicted molar refractivity (Wildman–Crippen MR) is 79.6 cm³/mol. The van der Waals surface area contributed by atoms with Crippen LogP contribution in [0.1, 0.15) is 0 Å². The van der Waals surface area contributed by atoms with E-state index >= 15 is 0 Å². The highest BCUT2D eigenvalue weighted by Gasteiger charge is 2.10. The van der Waals surface area contributed by atoms with Crippen molar-refractivity contribution >= 4 is 21.8 Å². The van der Waals surface area contributed by atoms with Crippen LogP contribution in [0.15, 0.2) is 72.8 Å². The van der Waals surface area contributed by atoms with E-state index in [1.807, 2.05) is 18.2 Å². The van der Waals surface area contributed by atoms with Crippen molar-refractivity contribution in [2.24, 2.45) is 0 Å². The van der Waals surface area contributed by atoms with E-state index in [9.17, 15) is 0 Å². The van der Waals surface area contributed by atoms with Gasteiger partial charge in [0.05, 0.1) is 11.0 Å². The predicted octanol–water partition coefficient (Wildman–Crippen LogP) is 4.58. The Morgan fingerprint density at radius 3 is 1.89 bits per heavy atom. The maximum Gasteiger partial charge on any atom is 0.0541 e. The molecule has 0 aliphatic rings. The number of para-hydroxylation sites is 2. The van der Waals surface area contributed by atoms with E-state index < -0.39 is 0 Å². The molecule has 0 N–H and O–H groups in total. The van der Waals surface area contributed by atoms with E-state index in [1.54, 1.807) is 0 Å². The van der Waals surface area contributed by atoms with Crippen LogP contribution in [0.4, 0.5) is 0 Å². The molecule has 1 nitrogen and oxygen atoms in total. The van der Waals surface area contributed by atoms with E-state index in [0.29, 0.717) is 0 Å². The SMILES string of the molecule is [c]1cccc(-n2c3ccccc3c3ccccc32)c1. The Bertz CT molecular complexity index is 803. The third kappa shape index (κ3) is 1.48. The molecule has 0 unspecified atom stereocenters. The molecule has 0 spiro atoms. The van der Waals surface area contributed by atoms with Crippen molar-refractivity contribution in [1.29, 1.82) is 0 Å². The molecule has 0 saturated heterocycles. The fourth-order valence-electron chi connectivity index (χ4n) is 2.72. The molecule has 4 rings (SSSR count). The van der Waals surface area contributed by atoms with E-state index in [0.717, 1.165) is 5.69 Å². The third-order valence-corrected chi connectivity index (χ3v) is 3.53. The summed E-state index contributed by atoms with van der Waals surface area (Å²) in [4.78, 5) is 0. The van der Waals surface area contributed by atoms with Crippen LogP contribution in [0.2, 0.25) is 0 Å². The van der Waals surface area contributed by atoms with Gasteiger partial charge in [-0.3, -0.25) is 0 Å². The Balaban J connectivity index is 2.24. The average Bonchev–Trinajstić information content (AvgIpc) is 2.83. The molecule has 0 atom stereocenters. The molecule has 89 valence electrons. The lowest BCUT2D eigenvalue weighted by molar-refractivity contribution is 1.18. The zero-order valence-electron chi connectivity index (χ0n) is 10.4. The Morgan fingerprint density at radius 1 is 0.684 bits per heavy atom. The fourth-order valence-corrected chi connectivity index (χ4v) is 2.72. The zero-order chi connectivity index (χ0) is 12.7. The van der Waals surface area contributed by atoms with Gasteiger partial charge in [-0.05, 0) is 30.3 Å². The number of hydrogen-bond acceptors (Lipinski definition) is 0. The molecule has 1 heterocycles. The lowest BCUT2D eigenvalue weighted by atomic mass is 10.2. The summed E-state index contributed by atoms with van der Waals surface area (Å²) in [5.74, 6) is 0. The van der Waals surface area contributed by atoms with Gasteiger partial charge in [-0.1, -0.05) is 48.5 Å². The van der Waals surface area contributed by atoms with E-state index in [2.05, 4.69) is 65.2 Å². The number of benzene rings is 3. The quantitative estimate of drug-likeness (QED) is 0.460. The van der Waals surface area contributed by atoms with Crippen molar-refractivity contribution in [2.75, 3.05) is 0 Å². The van der Waals surface area contributed by atoms with Gasteiger partial charge in [0.1, 0.15) is 0 Å². The summed E-state index contributed by atoms with van der Waals surface area (Å²) < 4.78 is 2.29. The van der Waals surface area contributed by atoms with Crippen LogP contribution < -0.4 is 0 Å². The molecule has 1 radical (unpaired) electrons. The van der Waals surface area contributed by atoms with E-state index in [4.69, 9.17) is 0 Å². The van der Waals surface area contributed by atoms with Crippen LogP contribution in [0.3, 0.4) is 0 Å². The summed E-state index contributed by atoms with van der Waals surface area (Å²) in [6, 6.07) is 28.3. The van der Waals surface area contributed by atoms with Crippen LogP contribution in [0.25, 0.3) is 27.5 Å². The minimum absolute atomic E-state index is 1.15. The maximum atomic E-state index is 3.16. The Morgan fingerprint density at radius 2 is 1.32 bits per heavy atom. The molecular weight excluding hydrogens is 230 g/mol. The van der Waals surface area contributed by atoms with Crippen molar-refractivity contribution in [1.82, 2.24) is 4.57 Å². The highest BCUT2D eigenvalue weighted by molar-refractivity contribution is 6.09. The van der Waals surface area contributed by atoms with Gasteiger partial charge in [0, 0.05) is 16.5 Å². The largest absolute Gasteiger partial charge is 0.309 e. The number of nitrogens with zero attached hydrogens (tertiary/aromatic N) is 1. The van der Waals surface area contributed by atoms with Gasteiger partial charge in [-0.2, -0.15) is 0 Å². The van der Waals surface area contributed by atoms with Gasteiger partial charge in [-0.25, -0.2) is 0 Å². The van der Waals surface area contributed by atoms with Gasteiger partial charge in [-0.15, -0.1) is 0 Å². The van der Waals surface area contributed by atoms with Crippen LogP contribution >= 0.6 is 0 Å². The Hall–Kier alpha value is -2.54. The normalized spacial score (nSPS) is 11.2. The first kappa shape index (κ1) is 10.4. The summed E-state index contributed by atoms with van der Waals surface area (Å²) in [5.41, 5.74) is 3.63. The van der Waals surface area contributed by atoms with Crippen molar-refractivity contribution < 1.29 is 0 Å². The number of hydrogen-bond donors (Lipinski definition) is 0. The van der Waals surface area contributed by atoms with Crippen LogP contribution in [-0.2, 0) is 0 Å². The molecule has 1 heteroatoms.